The Balaban J connectivity index is 2.66. The van der Waals surface area contributed by atoms with Gasteiger partial charge in [-0.2, -0.15) is 0 Å². The third-order valence-corrected chi connectivity index (χ3v) is 7.97. The molecule has 0 aliphatic carbocycles. The van der Waals surface area contributed by atoms with E-state index in [0.29, 0.717) is 0 Å². The lowest BCUT2D eigenvalue weighted by Crippen LogP contribution is -1.84. The topological polar surface area (TPSA) is 0 Å². The molecule has 0 aromatic heterocycles. The van der Waals surface area contributed by atoms with Gasteiger partial charge in [0.25, 0.3) is 0 Å². The van der Waals surface area contributed by atoms with E-state index in [2.05, 4.69) is 114 Å². The summed E-state index contributed by atoms with van der Waals surface area (Å²) in [5.41, 5.74) is 2.25. The van der Waals surface area contributed by atoms with Crippen LogP contribution < -0.4 is 0 Å². The Hall–Kier alpha value is 1.32. The molecule has 6 heteroatoms. The van der Waals surface area contributed by atoms with Gasteiger partial charge in [-0.1, -0.05) is 15.9 Å². The molecule has 0 fully saturated rings. The van der Waals surface area contributed by atoms with E-state index in [9.17, 15) is 0 Å². The Morgan fingerprint density at radius 1 is 0.500 bits per heavy atom. The summed E-state index contributed by atoms with van der Waals surface area (Å²) in [6, 6.07) is 8.27. The van der Waals surface area contributed by atoms with E-state index in [4.69, 9.17) is 0 Å². The minimum absolute atomic E-state index is 1.01. The van der Waals surface area contributed by atoms with Crippen LogP contribution >= 0.6 is 95.6 Å². The third kappa shape index (κ3) is 3.31. The van der Waals surface area contributed by atoms with Crippen molar-refractivity contribution in [2.75, 3.05) is 0 Å². The van der Waals surface area contributed by atoms with E-state index >= 15 is 0 Å². The number of hydrogen-bond acceptors (Lipinski definition) is 0. The van der Waals surface area contributed by atoms with E-state index in [-0.39, 0.29) is 0 Å². The van der Waals surface area contributed by atoms with Crippen molar-refractivity contribution in [3.05, 3.63) is 51.1 Å². The van der Waals surface area contributed by atoms with Gasteiger partial charge in [-0.3, -0.25) is 0 Å². The quantitative estimate of drug-likeness (QED) is 0.223. The smallest absolute Gasteiger partial charge is 0.0459 e. The van der Waals surface area contributed by atoms with E-state index in [1.54, 1.807) is 0 Å². The molecule has 0 spiro atoms. The standard InChI is InChI=1S/C12H4Br6/c13-7-4-9(15)8(14)3-6(7)5-1-10(16)12(18)11(17)2-5/h1-4H. The van der Waals surface area contributed by atoms with Gasteiger partial charge in [0.2, 0.25) is 0 Å². The van der Waals surface area contributed by atoms with Gasteiger partial charge in [0, 0.05) is 26.8 Å². The summed E-state index contributed by atoms with van der Waals surface area (Å²) in [7, 11) is 0. The normalized spacial score (nSPS) is 10.8. The Morgan fingerprint density at radius 3 is 1.56 bits per heavy atom. The second-order valence-electron chi connectivity index (χ2n) is 3.50. The fourth-order valence-corrected chi connectivity index (χ4v) is 4.44. The van der Waals surface area contributed by atoms with Crippen LogP contribution in [0.25, 0.3) is 11.1 Å². The van der Waals surface area contributed by atoms with Crippen molar-refractivity contribution in [1.82, 2.24) is 0 Å². The van der Waals surface area contributed by atoms with Crippen LogP contribution in [-0.4, -0.2) is 0 Å². The number of hydrogen-bond donors (Lipinski definition) is 0. The number of benzene rings is 2. The van der Waals surface area contributed by atoms with Crippen LogP contribution in [0.15, 0.2) is 51.1 Å². The van der Waals surface area contributed by atoms with Gasteiger partial charge in [0.05, 0.1) is 0 Å². The van der Waals surface area contributed by atoms with Crippen molar-refractivity contribution in [3.8, 4) is 11.1 Å². The largest absolute Gasteiger partial charge is 0.0501 e. The second-order valence-corrected chi connectivity index (χ2v) is 8.56. The average molecular weight is 628 g/mol. The lowest BCUT2D eigenvalue weighted by Gasteiger charge is -2.10. The highest BCUT2D eigenvalue weighted by Crippen LogP contribution is 2.40. The SMILES string of the molecule is Brc1cc(Br)c(-c2cc(Br)c(Br)c(Br)c2)cc1Br. The van der Waals surface area contributed by atoms with E-state index in [0.717, 1.165) is 38.0 Å². The van der Waals surface area contributed by atoms with Gasteiger partial charge >= 0.3 is 0 Å². The minimum atomic E-state index is 1.01. The maximum absolute atomic E-state index is 3.59. The molecule has 94 valence electrons. The van der Waals surface area contributed by atoms with Gasteiger partial charge in [0.1, 0.15) is 0 Å². The van der Waals surface area contributed by atoms with E-state index in [1.807, 2.05) is 6.07 Å². The fourth-order valence-electron chi connectivity index (χ4n) is 1.45. The average Bonchev–Trinajstić information content (AvgIpc) is 2.30. The second kappa shape index (κ2) is 6.39. The van der Waals surface area contributed by atoms with Crippen molar-refractivity contribution in [2.24, 2.45) is 0 Å². The molecule has 2 aromatic rings. The van der Waals surface area contributed by atoms with Crippen LogP contribution in [-0.2, 0) is 0 Å². The molecule has 2 rings (SSSR count). The molecule has 0 amide bonds. The molecule has 0 heterocycles. The molecule has 0 bridgehead atoms. The van der Waals surface area contributed by atoms with Crippen molar-refractivity contribution in [3.63, 3.8) is 0 Å². The molecule has 0 unspecified atom stereocenters. The summed E-state index contributed by atoms with van der Waals surface area (Å²) < 4.78 is 6.12. The zero-order valence-corrected chi connectivity index (χ0v) is 18.1. The van der Waals surface area contributed by atoms with Crippen LogP contribution in [0, 0.1) is 0 Å². The number of rotatable bonds is 1. The summed E-state index contributed by atoms with van der Waals surface area (Å²) >= 11 is 21.2. The zero-order valence-electron chi connectivity index (χ0n) is 8.58. The first-order chi connectivity index (χ1) is 8.40. The highest BCUT2D eigenvalue weighted by molar-refractivity contribution is 9.14. The molecule has 0 saturated heterocycles. The molecular weight excluding hydrogens is 624 g/mol. The van der Waals surface area contributed by atoms with E-state index in [1.165, 1.54) is 0 Å². The Kier molecular flexibility index (Phi) is 5.58. The predicted molar refractivity (Wildman–Crippen MR) is 98.1 cm³/mol. The highest BCUT2D eigenvalue weighted by atomic mass is 79.9. The molecule has 0 atom stereocenters. The molecule has 0 aliphatic heterocycles. The van der Waals surface area contributed by atoms with Gasteiger partial charge in [-0.05, 0) is 115 Å². The summed E-state index contributed by atoms with van der Waals surface area (Å²) in [5, 5.41) is 0. The van der Waals surface area contributed by atoms with Crippen molar-refractivity contribution in [1.29, 1.82) is 0 Å². The molecular formula is C12H4Br6. The van der Waals surface area contributed by atoms with Gasteiger partial charge < -0.3 is 0 Å². The molecule has 18 heavy (non-hydrogen) atoms. The Morgan fingerprint density at radius 2 is 1.00 bits per heavy atom. The molecule has 2 aromatic carbocycles. The fraction of sp³-hybridized carbons (Fsp3) is 0. The number of halogens is 6. The zero-order chi connectivity index (χ0) is 13.4. The first kappa shape index (κ1) is 15.7. The molecule has 0 saturated carbocycles. The van der Waals surface area contributed by atoms with Crippen LogP contribution in [0.5, 0.6) is 0 Å². The predicted octanol–water partition coefficient (Wildman–Crippen LogP) is 7.93. The minimum Gasteiger partial charge on any atom is -0.0501 e. The maximum Gasteiger partial charge on any atom is 0.0459 e. The summed E-state index contributed by atoms with van der Waals surface area (Å²) in [6.45, 7) is 0. The molecule has 0 N–H and O–H groups in total. The van der Waals surface area contributed by atoms with E-state index < -0.39 is 0 Å². The van der Waals surface area contributed by atoms with Gasteiger partial charge in [-0.15, -0.1) is 0 Å². The summed E-state index contributed by atoms with van der Waals surface area (Å²) in [6.07, 6.45) is 0. The van der Waals surface area contributed by atoms with Crippen molar-refractivity contribution >= 4 is 95.6 Å². The first-order valence-electron chi connectivity index (χ1n) is 4.69. The van der Waals surface area contributed by atoms with Crippen LogP contribution in [0.2, 0.25) is 0 Å². The first-order valence-corrected chi connectivity index (χ1v) is 9.45. The summed E-state index contributed by atoms with van der Waals surface area (Å²) in [4.78, 5) is 0. The lowest BCUT2D eigenvalue weighted by atomic mass is 10.1. The van der Waals surface area contributed by atoms with Crippen molar-refractivity contribution < 1.29 is 0 Å². The Labute approximate surface area is 156 Å². The van der Waals surface area contributed by atoms with Crippen LogP contribution in [0.3, 0.4) is 0 Å². The molecule has 0 nitrogen and oxygen atoms in total. The monoisotopic (exact) mass is 622 g/mol. The molecule has 0 aliphatic rings. The van der Waals surface area contributed by atoms with Crippen LogP contribution in [0.1, 0.15) is 0 Å². The van der Waals surface area contributed by atoms with Gasteiger partial charge in [-0.25, -0.2) is 0 Å². The summed E-state index contributed by atoms with van der Waals surface area (Å²) in [5.74, 6) is 0. The maximum atomic E-state index is 3.59. The Bertz CT molecular complexity index is 597. The third-order valence-electron chi connectivity index (χ3n) is 2.30. The highest BCUT2D eigenvalue weighted by Gasteiger charge is 2.11. The van der Waals surface area contributed by atoms with Crippen molar-refractivity contribution in [2.45, 2.75) is 0 Å². The van der Waals surface area contributed by atoms with Crippen LogP contribution in [0.4, 0.5) is 0 Å². The molecule has 0 radical (unpaired) electrons. The van der Waals surface area contributed by atoms with Gasteiger partial charge in [0.15, 0.2) is 0 Å². The lowest BCUT2D eigenvalue weighted by molar-refractivity contribution is 1.48.